The molecule has 0 spiro atoms. The number of aromatic nitrogens is 2. The van der Waals surface area contributed by atoms with Crippen molar-refractivity contribution in [3.05, 3.63) is 88.4 Å². The number of pyridine rings is 2. The predicted octanol–water partition coefficient (Wildman–Crippen LogP) is 4.78. The van der Waals surface area contributed by atoms with Gasteiger partial charge in [-0.2, -0.15) is 0 Å². The highest BCUT2D eigenvalue weighted by molar-refractivity contribution is 6.06. The normalized spacial score (nSPS) is 10.9. The largest absolute Gasteiger partial charge is 0.310 e. The van der Waals surface area contributed by atoms with Gasteiger partial charge in [-0.3, -0.25) is 19.1 Å². The van der Waals surface area contributed by atoms with Crippen molar-refractivity contribution in [3.63, 3.8) is 0 Å². The molecule has 0 unspecified atom stereocenters. The summed E-state index contributed by atoms with van der Waals surface area (Å²) in [6.45, 7) is 5.78. The van der Waals surface area contributed by atoms with Crippen molar-refractivity contribution in [2.24, 2.45) is 0 Å². The van der Waals surface area contributed by atoms with Gasteiger partial charge < -0.3 is 4.90 Å². The molecule has 0 saturated carbocycles. The van der Waals surface area contributed by atoms with Crippen LogP contribution in [0.5, 0.6) is 0 Å². The Labute approximate surface area is 174 Å². The van der Waals surface area contributed by atoms with Gasteiger partial charge in [-0.05, 0) is 51.1 Å². The Morgan fingerprint density at radius 1 is 1.07 bits per heavy atom. The second-order valence-corrected chi connectivity index (χ2v) is 7.70. The van der Waals surface area contributed by atoms with E-state index < -0.39 is 0 Å². The number of carbonyl (C=O) groups excluding carboxylic acids is 1. The number of likely N-dealkylation sites (N-methyl/N-ethyl adjacent to an activating group) is 1. The fraction of sp³-hybridized carbons (Fsp3) is 0.160. The minimum Gasteiger partial charge on any atom is -0.310 e. The van der Waals surface area contributed by atoms with E-state index in [9.17, 15) is 9.59 Å². The van der Waals surface area contributed by atoms with E-state index in [1.54, 1.807) is 40.9 Å². The maximum absolute atomic E-state index is 13.1. The van der Waals surface area contributed by atoms with Crippen molar-refractivity contribution < 1.29 is 4.79 Å². The van der Waals surface area contributed by atoms with Crippen molar-refractivity contribution in [2.45, 2.75) is 20.8 Å². The minimum absolute atomic E-state index is 0.141. The highest BCUT2D eigenvalue weighted by Crippen LogP contribution is 2.29. The van der Waals surface area contributed by atoms with Crippen LogP contribution in [0.15, 0.2) is 77.2 Å². The smallest absolute Gasteiger partial charge is 0.255 e. The van der Waals surface area contributed by atoms with Crippen LogP contribution in [0, 0.1) is 6.92 Å². The Morgan fingerprint density at radius 2 is 1.83 bits per heavy atom. The molecule has 5 nitrogen and oxygen atoms in total. The van der Waals surface area contributed by atoms with Gasteiger partial charge in [0.2, 0.25) is 0 Å². The number of aryl methyl sites for hydroxylation is 1. The molecule has 2 aromatic heterocycles. The predicted molar refractivity (Wildman–Crippen MR) is 122 cm³/mol. The van der Waals surface area contributed by atoms with Gasteiger partial charge in [0, 0.05) is 36.2 Å². The maximum Gasteiger partial charge on any atom is 0.255 e. The first-order valence-electron chi connectivity index (χ1n) is 9.80. The number of anilines is 1. The summed E-state index contributed by atoms with van der Waals surface area (Å²) in [4.78, 5) is 31.9. The van der Waals surface area contributed by atoms with Crippen LogP contribution in [-0.2, 0) is 4.79 Å². The monoisotopic (exact) mass is 397 g/mol. The SMILES string of the molecule is CC(C)=CC(=O)N(C)c1ccccc1-n1c(=O)ccc2cnc3ccc(C)cc3c21. The molecule has 4 rings (SSSR count). The number of para-hydroxylation sites is 2. The second-order valence-electron chi connectivity index (χ2n) is 7.70. The van der Waals surface area contributed by atoms with Gasteiger partial charge in [-0.25, -0.2) is 0 Å². The first kappa shape index (κ1) is 19.6. The lowest BCUT2D eigenvalue weighted by molar-refractivity contribution is -0.113. The van der Waals surface area contributed by atoms with E-state index in [4.69, 9.17) is 0 Å². The van der Waals surface area contributed by atoms with Crippen LogP contribution in [0.1, 0.15) is 19.4 Å². The molecule has 2 aromatic carbocycles. The number of allylic oxidation sites excluding steroid dienone is 1. The van der Waals surface area contributed by atoms with Crippen LogP contribution in [-0.4, -0.2) is 22.5 Å². The summed E-state index contributed by atoms with van der Waals surface area (Å²) in [6.07, 6.45) is 3.37. The number of rotatable bonds is 3. The Bertz CT molecular complexity index is 1380. The van der Waals surface area contributed by atoms with E-state index in [1.807, 2.05) is 63.2 Å². The summed E-state index contributed by atoms with van der Waals surface area (Å²) in [6, 6.07) is 16.8. The molecular formula is C25H23N3O2. The Kier molecular flexibility index (Phi) is 4.96. The number of carbonyl (C=O) groups is 1. The average Bonchev–Trinajstić information content (AvgIpc) is 2.72. The molecule has 30 heavy (non-hydrogen) atoms. The Balaban J connectivity index is 2.07. The van der Waals surface area contributed by atoms with Crippen LogP contribution < -0.4 is 10.5 Å². The number of fused-ring (bicyclic) bond motifs is 3. The summed E-state index contributed by atoms with van der Waals surface area (Å²) in [5.74, 6) is -0.141. The average molecular weight is 397 g/mol. The topological polar surface area (TPSA) is 55.2 Å². The number of benzene rings is 2. The van der Waals surface area contributed by atoms with Gasteiger partial charge in [-0.1, -0.05) is 29.3 Å². The third-order valence-electron chi connectivity index (χ3n) is 5.10. The van der Waals surface area contributed by atoms with E-state index in [-0.39, 0.29) is 11.5 Å². The van der Waals surface area contributed by atoms with Crippen molar-refractivity contribution >= 4 is 33.4 Å². The zero-order valence-corrected chi connectivity index (χ0v) is 17.5. The number of hydrogen-bond acceptors (Lipinski definition) is 3. The van der Waals surface area contributed by atoms with Gasteiger partial charge in [0.15, 0.2) is 0 Å². The molecule has 0 aliphatic carbocycles. The molecule has 4 aromatic rings. The molecule has 0 fully saturated rings. The number of hydrogen-bond donors (Lipinski definition) is 0. The highest BCUT2D eigenvalue weighted by Gasteiger charge is 2.17. The third-order valence-corrected chi connectivity index (χ3v) is 5.10. The summed E-state index contributed by atoms with van der Waals surface area (Å²) in [5, 5.41) is 1.76. The van der Waals surface area contributed by atoms with E-state index in [2.05, 4.69) is 4.98 Å². The molecule has 0 aliphatic rings. The molecule has 150 valence electrons. The summed E-state index contributed by atoms with van der Waals surface area (Å²) in [7, 11) is 1.72. The zero-order chi connectivity index (χ0) is 21.4. The summed E-state index contributed by atoms with van der Waals surface area (Å²) < 4.78 is 1.68. The lowest BCUT2D eigenvalue weighted by atomic mass is 10.1. The molecule has 0 saturated heterocycles. The second kappa shape index (κ2) is 7.59. The molecule has 1 amide bonds. The Morgan fingerprint density at radius 3 is 2.60 bits per heavy atom. The first-order valence-corrected chi connectivity index (χ1v) is 9.80. The standard InChI is InChI=1S/C25H23N3O2/c1-16(2)13-24(30)27(4)21-7-5-6-8-22(21)28-23(29)12-10-18-15-26-20-11-9-17(3)14-19(20)25(18)28/h5-15H,1-4H3. The van der Waals surface area contributed by atoms with E-state index in [1.165, 1.54) is 0 Å². The van der Waals surface area contributed by atoms with Crippen LogP contribution in [0.2, 0.25) is 0 Å². The number of amides is 1. The highest BCUT2D eigenvalue weighted by atomic mass is 16.2. The van der Waals surface area contributed by atoms with Gasteiger partial charge in [-0.15, -0.1) is 0 Å². The van der Waals surface area contributed by atoms with Crippen molar-refractivity contribution in [1.29, 1.82) is 0 Å². The molecule has 0 radical (unpaired) electrons. The molecule has 0 aliphatic heterocycles. The Hall–Kier alpha value is -3.73. The van der Waals surface area contributed by atoms with Gasteiger partial charge >= 0.3 is 0 Å². The van der Waals surface area contributed by atoms with E-state index >= 15 is 0 Å². The van der Waals surface area contributed by atoms with Crippen LogP contribution in [0.3, 0.4) is 0 Å². The third kappa shape index (κ3) is 3.39. The molecule has 0 bridgehead atoms. The quantitative estimate of drug-likeness (QED) is 0.369. The summed E-state index contributed by atoms with van der Waals surface area (Å²) >= 11 is 0. The fourth-order valence-electron chi connectivity index (χ4n) is 3.66. The molecular weight excluding hydrogens is 374 g/mol. The molecule has 5 heteroatoms. The van der Waals surface area contributed by atoms with E-state index in [0.29, 0.717) is 11.4 Å². The van der Waals surface area contributed by atoms with Gasteiger partial charge in [0.1, 0.15) is 0 Å². The van der Waals surface area contributed by atoms with Crippen molar-refractivity contribution in [1.82, 2.24) is 9.55 Å². The number of nitrogens with zero attached hydrogens (tertiary/aromatic N) is 3. The lowest BCUT2D eigenvalue weighted by Gasteiger charge is -2.22. The van der Waals surface area contributed by atoms with Gasteiger partial charge in [0.25, 0.3) is 11.5 Å². The molecule has 0 atom stereocenters. The molecule has 0 N–H and O–H groups in total. The lowest BCUT2D eigenvalue weighted by Crippen LogP contribution is -2.27. The molecule has 2 heterocycles. The van der Waals surface area contributed by atoms with Crippen LogP contribution in [0.4, 0.5) is 5.69 Å². The summed E-state index contributed by atoms with van der Waals surface area (Å²) in [5.41, 5.74) is 4.76. The van der Waals surface area contributed by atoms with Crippen LogP contribution >= 0.6 is 0 Å². The van der Waals surface area contributed by atoms with Crippen molar-refractivity contribution in [2.75, 3.05) is 11.9 Å². The maximum atomic E-state index is 13.1. The van der Waals surface area contributed by atoms with E-state index in [0.717, 1.165) is 32.9 Å². The minimum atomic E-state index is -0.160. The fourth-order valence-corrected chi connectivity index (χ4v) is 3.66. The van der Waals surface area contributed by atoms with Gasteiger partial charge in [0.05, 0.1) is 22.4 Å². The van der Waals surface area contributed by atoms with Crippen LogP contribution in [0.25, 0.3) is 27.5 Å². The zero-order valence-electron chi connectivity index (χ0n) is 17.5. The van der Waals surface area contributed by atoms with Crippen molar-refractivity contribution in [3.8, 4) is 5.69 Å². The first-order chi connectivity index (χ1) is 14.4.